The van der Waals surface area contributed by atoms with Crippen LogP contribution in [0.15, 0.2) is 48.5 Å². The molecule has 0 fully saturated rings. The number of aryl methyl sites for hydroxylation is 1. The Kier molecular flexibility index (Phi) is 3.62. The molecule has 0 aliphatic carbocycles. The molecule has 0 saturated carbocycles. The Bertz CT molecular complexity index is 535. The van der Waals surface area contributed by atoms with Gasteiger partial charge < -0.3 is 0 Å². The van der Waals surface area contributed by atoms with Crippen molar-refractivity contribution < 1.29 is 9.90 Å². The summed E-state index contributed by atoms with van der Waals surface area (Å²) in [6.45, 7) is 1.84. The molecule has 0 saturated heterocycles. The zero-order valence-electron chi connectivity index (χ0n) is 9.38. The zero-order valence-corrected chi connectivity index (χ0v) is 11.1. The normalized spacial score (nSPS) is 10.2. The van der Waals surface area contributed by atoms with Crippen LogP contribution in [0.3, 0.4) is 0 Å². The van der Waals surface area contributed by atoms with E-state index < -0.39 is 5.97 Å². The van der Waals surface area contributed by atoms with Crippen LogP contribution in [-0.2, 0) is 0 Å². The third kappa shape index (κ3) is 2.76. The van der Waals surface area contributed by atoms with Crippen LogP contribution >= 0.6 is 0 Å². The first-order chi connectivity index (χ1) is 8.18. The molecule has 2 aromatic carbocycles. The monoisotopic (exact) mass is 292 g/mol. The minimum absolute atomic E-state index is 0.0427. The predicted molar refractivity (Wildman–Crippen MR) is 69.6 cm³/mol. The van der Waals surface area contributed by atoms with Crippen molar-refractivity contribution in [3.63, 3.8) is 0 Å². The molecule has 0 aliphatic heterocycles. The fourth-order valence-electron chi connectivity index (χ4n) is 1.62. The molecule has 0 heterocycles. The molecule has 0 radical (unpaired) electrons. The maximum absolute atomic E-state index is 11.2. The Hall–Kier alpha value is -1.57. The van der Waals surface area contributed by atoms with E-state index in [1.54, 1.807) is 0 Å². The first-order valence-corrected chi connectivity index (χ1v) is 6.95. The van der Waals surface area contributed by atoms with E-state index in [4.69, 9.17) is 0 Å². The molecule has 2 nitrogen and oxygen atoms in total. The fraction of sp³-hybridized carbons (Fsp3) is 0.0714. The Balaban J connectivity index is 2.40. The van der Waals surface area contributed by atoms with Crippen LogP contribution in [0.25, 0.3) is 0 Å². The molecule has 3 heteroatoms. The Morgan fingerprint density at radius 1 is 1.06 bits per heavy atom. The number of benzene rings is 2. The summed E-state index contributed by atoms with van der Waals surface area (Å²) in [6.07, 6.45) is 0. The number of carbonyl (C=O) groups is 1. The van der Waals surface area contributed by atoms with Gasteiger partial charge in [0.05, 0.1) is 0 Å². The van der Waals surface area contributed by atoms with Gasteiger partial charge in [0.25, 0.3) is 0 Å². The van der Waals surface area contributed by atoms with Crippen molar-refractivity contribution in [1.29, 1.82) is 0 Å². The van der Waals surface area contributed by atoms with Crippen molar-refractivity contribution in [2.45, 2.75) is 6.92 Å². The Morgan fingerprint density at radius 2 is 1.76 bits per heavy atom. The second-order valence-corrected chi connectivity index (χ2v) is 6.01. The van der Waals surface area contributed by atoms with Gasteiger partial charge in [0, 0.05) is 0 Å². The van der Waals surface area contributed by atoms with Gasteiger partial charge >= 0.3 is 106 Å². The maximum atomic E-state index is 11.2. The third-order valence-corrected chi connectivity index (χ3v) is 4.66. The van der Waals surface area contributed by atoms with Crippen LogP contribution in [0, 0.1) is 6.92 Å². The molecule has 0 spiro atoms. The molecule has 2 rings (SSSR count). The molecule has 0 atom stereocenters. The summed E-state index contributed by atoms with van der Waals surface area (Å²) in [7, 11) is 0. The van der Waals surface area contributed by atoms with Gasteiger partial charge in [-0.25, -0.2) is 0 Å². The molecule has 0 aliphatic rings. The van der Waals surface area contributed by atoms with Gasteiger partial charge in [0.1, 0.15) is 0 Å². The zero-order chi connectivity index (χ0) is 12.3. The number of hydrogen-bond donors (Lipinski definition) is 1. The van der Waals surface area contributed by atoms with Crippen molar-refractivity contribution in [3.8, 4) is 0 Å². The summed E-state index contributed by atoms with van der Waals surface area (Å²) >= 11 is 0.0427. The van der Waals surface area contributed by atoms with E-state index in [1.807, 2.05) is 55.5 Å². The van der Waals surface area contributed by atoms with Gasteiger partial charge in [-0.15, -0.1) is 0 Å². The summed E-state index contributed by atoms with van der Waals surface area (Å²) in [5.41, 5.74) is 1.28. The average molecular weight is 291 g/mol. The van der Waals surface area contributed by atoms with Crippen LogP contribution in [0.5, 0.6) is 0 Å². The van der Waals surface area contributed by atoms with Gasteiger partial charge in [-0.2, -0.15) is 0 Å². The molecule has 2 aromatic rings. The van der Waals surface area contributed by atoms with Gasteiger partial charge in [-0.1, -0.05) is 0 Å². The van der Waals surface area contributed by atoms with E-state index in [9.17, 15) is 9.90 Å². The van der Waals surface area contributed by atoms with E-state index >= 15 is 0 Å². The van der Waals surface area contributed by atoms with Crippen LogP contribution in [-0.4, -0.2) is 26.0 Å². The molecular formula is C14H12O2Se. The molecule has 86 valence electrons. The molecule has 17 heavy (non-hydrogen) atoms. The molecule has 0 bridgehead atoms. The number of aromatic carboxylic acids is 1. The van der Waals surface area contributed by atoms with Gasteiger partial charge in [0.15, 0.2) is 0 Å². The van der Waals surface area contributed by atoms with Crippen LogP contribution in [0.2, 0.25) is 0 Å². The number of carboxylic acids is 1. The average Bonchev–Trinajstić information content (AvgIpc) is 2.30. The van der Waals surface area contributed by atoms with Gasteiger partial charge in [-0.05, 0) is 0 Å². The van der Waals surface area contributed by atoms with Gasteiger partial charge in [0.2, 0.25) is 0 Å². The van der Waals surface area contributed by atoms with E-state index in [2.05, 4.69) is 0 Å². The summed E-state index contributed by atoms with van der Waals surface area (Å²) in [6, 6.07) is 15.7. The van der Waals surface area contributed by atoms with Crippen molar-refractivity contribution in [3.05, 3.63) is 59.7 Å². The SMILES string of the molecule is Cc1cccc([Se]c2ccccc2)c1C(=O)O. The Morgan fingerprint density at radius 3 is 2.41 bits per heavy atom. The number of carboxylic acid groups (broad SMARTS) is 1. The first kappa shape index (κ1) is 11.9. The summed E-state index contributed by atoms with van der Waals surface area (Å²) in [5.74, 6) is -0.837. The second kappa shape index (κ2) is 5.17. The standard InChI is InChI=1S/C14H12O2Se/c1-10-6-5-9-12(13(10)14(15)16)17-11-7-3-2-4-8-11/h2-9H,1H3,(H,15,16). The molecule has 1 N–H and O–H groups in total. The molecule has 0 aromatic heterocycles. The molecule has 0 unspecified atom stereocenters. The van der Waals surface area contributed by atoms with Crippen LogP contribution in [0.1, 0.15) is 15.9 Å². The first-order valence-electron chi connectivity index (χ1n) is 5.24. The summed E-state index contributed by atoms with van der Waals surface area (Å²) in [5, 5.41) is 9.23. The quantitative estimate of drug-likeness (QED) is 0.867. The topological polar surface area (TPSA) is 37.3 Å². The molecule has 0 amide bonds. The third-order valence-electron chi connectivity index (χ3n) is 2.42. The van der Waals surface area contributed by atoms with Crippen LogP contribution < -0.4 is 8.92 Å². The molecular weight excluding hydrogens is 279 g/mol. The number of hydrogen-bond acceptors (Lipinski definition) is 1. The second-order valence-electron chi connectivity index (χ2n) is 3.67. The van der Waals surface area contributed by atoms with Gasteiger partial charge in [-0.3, -0.25) is 0 Å². The van der Waals surface area contributed by atoms with Crippen molar-refractivity contribution >= 4 is 29.8 Å². The summed E-state index contributed by atoms with van der Waals surface area (Å²) in [4.78, 5) is 11.2. The minimum atomic E-state index is -0.837. The van der Waals surface area contributed by atoms with Crippen molar-refractivity contribution in [2.75, 3.05) is 0 Å². The van der Waals surface area contributed by atoms with E-state index in [1.165, 1.54) is 4.46 Å². The van der Waals surface area contributed by atoms with Crippen molar-refractivity contribution in [2.24, 2.45) is 0 Å². The van der Waals surface area contributed by atoms with Crippen molar-refractivity contribution in [1.82, 2.24) is 0 Å². The summed E-state index contributed by atoms with van der Waals surface area (Å²) < 4.78 is 2.12. The fourth-order valence-corrected chi connectivity index (χ4v) is 3.81. The number of rotatable bonds is 3. The van der Waals surface area contributed by atoms with Crippen LogP contribution in [0.4, 0.5) is 0 Å². The van der Waals surface area contributed by atoms with E-state index in [0.717, 1.165) is 10.0 Å². The van der Waals surface area contributed by atoms with E-state index in [-0.39, 0.29) is 15.0 Å². The Labute approximate surface area is 106 Å². The van der Waals surface area contributed by atoms with E-state index in [0.29, 0.717) is 5.56 Å². The predicted octanol–water partition coefficient (Wildman–Crippen LogP) is 1.35.